The first-order chi connectivity index (χ1) is 4.10. The third-order valence-corrected chi connectivity index (χ3v) is 1.09. The maximum absolute atomic E-state index is 10.4. The molecule has 0 fully saturated rings. The van der Waals surface area contributed by atoms with Gasteiger partial charge in [0.05, 0.1) is 0 Å². The Morgan fingerprint density at radius 2 is 2.56 bits per heavy atom. The topological polar surface area (TPSA) is 46.5 Å². The number of hydrogen-bond donors (Lipinski definition) is 1. The number of carbonyl (C=O) groups excluding carboxylic acids is 1. The second-order valence-electron chi connectivity index (χ2n) is 2.14. The van der Waals surface area contributed by atoms with Crippen LogP contribution in [0.1, 0.15) is 6.92 Å². The maximum Gasteiger partial charge on any atom is 0.183 e. The van der Waals surface area contributed by atoms with Crippen LogP contribution in [0.2, 0.25) is 0 Å². The van der Waals surface area contributed by atoms with E-state index in [0.717, 1.165) is 0 Å². The molecule has 50 valence electrons. The average Bonchev–Trinajstić information content (AvgIpc) is 1.78. The maximum atomic E-state index is 10.4. The first kappa shape index (κ1) is 6.45. The Morgan fingerprint density at radius 3 is 2.89 bits per heavy atom. The minimum Gasteiger partial charge on any atom is -0.362 e. The van der Waals surface area contributed by atoms with Crippen molar-refractivity contribution >= 4 is 5.78 Å². The van der Waals surface area contributed by atoms with Crippen molar-refractivity contribution in [1.82, 2.24) is 0 Å². The minimum absolute atomic E-state index is 0.0243. The summed E-state index contributed by atoms with van der Waals surface area (Å²) >= 11 is 0. The largest absolute Gasteiger partial charge is 0.362 e. The van der Waals surface area contributed by atoms with Gasteiger partial charge in [-0.15, -0.1) is 0 Å². The van der Waals surface area contributed by atoms with Crippen LogP contribution in [-0.2, 0) is 9.53 Å². The van der Waals surface area contributed by atoms with Crippen molar-refractivity contribution in [3.8, 4) is 0 Å². The number of ether oxygens (including phenoxy) is 1. The molecular weight excluding hydrogens is 120 g/mol. The van der Waals surface area contributed by atoms with Gasteiger partial charge in [0.1, 0.15) is 6.61 Å². The summed E-state index contributed by atoms with van der Waals surface area (Å²) in [5.74, 6) is -1.35. The predicted octanol–water partition coefficient (Wildman–Crippen LogP) is -0.150. The lowest BCUT2D eigenvalue weighted by Gasteiger charge is -2.21. The summed E-state index contributed by atoms with van der Waals surface area (Å²) in [6, 6.07) is 0. The lowest BCUT2D eigenvalue weighted by molar-refractivity contribution is -0.166. The molecule has 0 saturated carbocycles. The lowest BCUT2D eigenvalue weighted by atomic mass is 10.2. The molecule has 1 N–H and O–H groups in total. The zero-order chi connectivity index (χ0) is 6.91. The van der Waals surface area contributed by atoms with Crippen LogP contribution in [0.25, 0.3) is 0 Å². The van der Waals surface area contributed by atoms with Crippen LogP contribution in [0.5, 0.6) is 0 Å². The molecule has 0 bridgehead atoms. The third-order valence-electron chi connectivity index (χ3n) is 1.09. The summed E-state index contributed by atoms with van der Waals surface area (Å²) < 4.78 is 4.70. The molecule has 9 heavy (non-hydrogen) atoms. The van der Waals surface area contributed by atoms with Crippen molar-refractivity contribution in [3.63, 3.8) is 0 Å². The highest BCUT2D eigenvalue weighted by atomic mass is 16.6. The quantitative estimate of drug-likeness (QED) is 0.493. The smallest absolute Gasteiger partial charge is 0.183 e. The van der Waals surface area contributed by atoms with E-state index in [2.05, 4.69) is 0 Å². The number of rotatable bonds is 0. The van der Waals surface area contributed by atoms with E-state index in [1.165, 1.54) is 19.1 Å². The second-order valence-corrected chi connectivity index (χ2v) is 2.14. The van der Waals surface area contributed by atoms with Gasteiger partial charge in [-0.2, -0.15) is 0 Å². The van der Waals surface area contributed by atoms with Crippen LogP contribution >= 0.6 is 0 Å². The van der Waals surface area contributed by atoms with Gasteiger partial charge >= 0.3 is 0 Å². The molecule has 0 aromatic heterocycles. The molecule has 0 saturated heterocycles. The summed E-state index contributed by atoms with van der Waals surface area (Å²) in [7, 11) is 0. The Kier molecular flexibility index (Phi) is 1.38. The van der Waals surface area contributed by atoms with Gasteiger partial charge in [0.2, 0.25) is 0 Å². The van der Waals surface area contributed by atoms with Crippen LogP contribution in [0.3, 0.4) is 0 Å². The monoisotopic (exact) mass is 128 g/mol. The van der Waals surface area contributed by atoms with E-state index in [0.29, 0.717) is 0 Å². The number of hydrogen-bond acceptors (Lipinski definition) is 3. The summed E-state index contributed by atoms with van der Waals surface area (Å²) in [5.41, 5.74) is 0. The fraction of sp³-hybridized carbons (Fsp3) is 0.500. The van der Waals surface area contributed by atoms with Crippen LogP contribution in [0, 0.1) is 0 Å². The normalized spacial score (nSPS) is 35.1. The van der Waals surface area contributed by atoms with Crippen molar-refractivity contribution in [2.45, 2.75) is 12.7 Å². The zero-order valence-electron chi connectivity index (χ0n) is 5.13. The van der Waals surface area contributed by atoms with E-state index in [9.17, 15) is 4.79 Å². The summed E-state index contributed by atoms with van der Waals surface area (Å²) in [6.45, 7) is 1.46. The summed E-state index contributed by atoms with van der Waals surface area (Å²) in [6.07, 6.45) is 2.66. The van der Waals surface area contributed by atoms with Gasteiger partial charge in [-0.1, -0.05) is 0 Å². The minimum atomic E-state index is -1.24. The molecule has 0 radical (unpaired) electrons. The molecule has 3 nitrogen and oxygen atoms in total. The van der Waals surface area contributed by atoms with Crippen molar-refractivity contribution in [2.24, 2.45) is 0 Å². The first-order valence-corrected chi connectivity index (χ1v) is 2.68. The molecule has 1 aliphatic rings. The Morgan fingerprint density at radius 1 is 1.89 bits per heavy atom. The van der Waals surface area contributed by atoms with E-state index in [-0.39, 0.29) is 12.4 Å². The van der Waals surface area contributed by atoms with Crippen molar-refractivity contribution in [1.29, 1.82) is 0 Å². The van der Waals surface area contributed by atoms with Crippen LogP contribution in [-0.4, -0.2) is 23.3 Å². The molecule has 1 heterocycles. The van der Waals surface area contributed by atoms with Gasteiger partial charge in [-0.25, -0.2) is 0 Å². The van der Waals surface area contributed by atoms with Crippen molar-refractivity contribution < 1.29 is 14.6 Å². The Balaban J connectivity index is 2.69. The molecule has 0 unspecified atom stereocenters. The Hall–Kier alpha value is -0.670. The molecule has 0 aliphatic carbocycles. The molecule has 1 aliphatic heterocycles. The van der Waals surface area contributed by atoms with Gasteiger partial charge < -0.3 is 9.84 Å². The fourth-order valence-electron chi connectivity index (χ4n) is 0.561. The van der Waals surface area contributed by atoms with E-state index in [4.69, 9.17) is 9.84 Å². The van der Waals surface area contributed by atoms with Crippen molar-refractivity contribution in [2.75, 3.05) is 6.61 Å². The zero-order valence-corrected chi connectivity index (χ0v) is 5.13. The fourth-order valence-corrected chi connectivity index (χ4v) is 0.561. The van der Waals surface area contributed by atoms with Gasteiger partial charge in [0, 0.05) is 0 Å². The van der Waals surface area contributed by atoms with E-state index >= 15 is 0 Å². The summed E-state index contributed by atoms with van der Waals surface area (Å²) in [5, 5.41) is 9.03. The molecule has 1 atom stereocenters. The standard InChI is InChI=1S/C6H8O3/c1-6(8)3-2-5(7)4-9-6/h2-3,8H,4H2,1H3/t6-/m0/s1. The lowest BCUT2D eigenvalue weighted by Crippen LogP contribution is -2.31. The molecular formula is C6H8O3. The van der Waals surface area contributed by atoms with Crippen LogP contribution in [0.15, 0.2) is 12.2 Å². The second kappa shape index (κ2) is 1.93. The summed E-state index contributed by atoms with van der Waals surface area (Å²) in [4.78, 5) is 10.4. The van der Waals surface area contributed by atoms with Crippen LogP contribution in [0.4, 0.5) is 0 Å². The highest BCUT2D eigenvalue weighted by molar-refractivity contribution is 5.91. The predicted molar refractivity (Wildman–Crippen MR) is 30.7 cm³/mol. The van der Waals surface area contributed by atoms with E-state index in [1.54, 1.807) is 0 Å². The van der Waals surface area contributed by atoms with Gasteiger partial charge in [0.15, 0.2) is 11.6 Å². The molecule has 0 aromatic rings. The molecule has 3 heteroatoms. The van der Waals surface area contributed by atoms with Crippen molar-refractivity contribution in [3.05, 3.63) is 12.2 Å². The highest BCUT2D eigenvalue weighted by Crippen LogP contribution is 2.11. The highest BCUT2D eigenvalue weighted by Gasteiger charge is 2.21. The molecule has 1 rings (SSSR count). The molecule has 0 spiro atoms. The third kappa shape index (κ3) is 1.62. The molecule has 0 aromatic carbocycles. The van der Waals surface area contributed by atoms with Crippen LogP contribution < -0.4 is 0 Å². The van der Waals surface area contributed by atoms with Gasteiger partial charge in [-0.3, -0.25) is 4.79 Å². The Bertz CT molecular complexity index is 158. The number of carbonyl (C=O) groups is 1. The first-order valence-electron chi connectivity index (χ1n) is 2.68. The number of aliphatic hydroxyl groups is 1. The van der Waals surface area contributed by atoms with Gasteiger partial charge in [-0.05, 0) is 19.1 Å². The molecule has 0 amide bonds. The van der Waals surface area contributed by atoms with E-state index in [1.807, 2.05) is 0 Å². The number of ketones is 1. The van der Waals surface area contributed by atoms with E-state index < -0.39 is 5.79 Å². The van der Waals surface area contributed by atoms with Gasteiger partial charge in [0.25, 0.3) is 0 Å². The Labute approximate surface area is 52.9 Å². The SMILES string of the molecule is C[C@@]1(O)C=CC(=O)CO1. The average molecular weight is 128 g/mol.